The molecule has 0 amide bonds. The van der Waals surface area contributed by atoms with Crippen LogP contribution in [0, 0.1) is 0 Å². The van der Waals surface area contributed by atoms with Crippen LogP contribution >= 0.6 is 0 Å². The van der Waals surface area contributed by atoms with Gasteiger partial charge in [0.2, 0.25) is 0 Å². The largest absolute Gasteiger partial charge is 0.370 e. The SMILES string of the molecule is CN1CCCN(C)CCN(c2cccc3cc4cccc(N5CCCN(C)CCN(C)CCCN(C)CC5)c4cc23)CCCN(C)CC1. The molecule has 0 spiro atoms. The summed E-state index contributed by atoms with van der Waals surface area (Å²) in [5.41, 5.74) is 2.78. The van der Waals surface area contributed by atoms with E-state index in [0.29, 0.717) is 0 Å². The van der Waals surface area contributed by atoms with E-state index in [0.717, 1.165) is 91.6 Å². The lowest BCUT2D eigenvalue weighted by Gasteiger charge is -2.32. The Morgan fingerprint density at radius 1 is 0.333 bits per heavy atom. The smallest absolute Gasteiger partial charge is 0.0446 e. The van der Waals surface area contributed by atoms with Gasteiger partial charge in [-0.25, -0.2) is 0 Å². The van der Waals surface area contributed by atoms with Gasteiger partial charge in [-0.2, -0.15) is 0 Å². The second kappa shape index (κ2) is 18.5. The second-order valence-electron chi connectivity index (χ2n) is 15.1. The number of anilines is 2. The van der Waals surface area contributed by atoms with Gasteiger partial charge in [0.1, 0.15) is 0 Å². The Bertz CT molecular complexity index is 1300. The summed E-state index contributed by atoms with van der Waals surface area (Å²) in [4.78, 5) is 20.5. The minimum absolute atomic E-state index is 1.05. The maximum absolute atomic E-state index is 2.68. The molecule has 0 atom stereocenters. The Balaban J connectivity index is 1.44. The molecule has 5 rings (SSSR count). The molecule has 3 aromatic rings. The number of rotatable bonds is 2. The first kappa shape index (κ1) is 36.8. The van der Waals surface area contributed by atoms with Gasteiger partial charge in [0.05, 0.1) is 0 Å². The van der Waals surface area contributed by atoms with Crippen molar-refractivity contribution >= 4 is 32.9 Å². The zero-order chi connectivity index (χ0) is 33.9. The van der Waals surface area contributed by atoms with Crippen molar-refractivity contribution in [2.24, 2.45) is 0 Å². The number of benzene rings is 3. The molecule has 3 aromatic carbocycles. The van der Waals surface area contributed by atoms with E-state index >= 15 is 0 Å². The summed E-state index contributed by atoms with van der Waals surface area (Å²) < 4.78 is 0. The van der Waals surface area contributed by atoms with E-state index in [9.17, 15) is 0 Å². The Kier molecular flexibility index (Phi) is 14.2. The van der Waals surface area contributed by atoms with Gasteiger partial charge in [-0.1, -0.05) is 24.3 Å². The third-order valence-corrected chi connectivity index (χ3v) is 10.8. The van der Waals surface area contributed by atoms with Crippen LogP contribution in [0.15, 0.2) is 48.5 Å². The fourth-order valence-electron chi connectivity index (χ4n) is 7.50. The monoisotopic (exact) mass is 659 g/mol. The van der Waals surface area contributed by atoms with E-state index in [2.05, 4.69) is 130 Å². The normalized spacial score (nSPS) is 22.2. The van der Waals surface area contributed by atoms with Gasteiger partial charge >= 0.3 is 0 Å². The van der Waals surface area contributed by atoms with Crippen LogP contribution < -0.4 is 9.80 Å². The summed E-state index contributed by atoms with van der Waals surface area (Å²) in [6, 6.07) is 18.9. The van der Waals surface area contributed by atoms with E-state index in [1.54, 1.807) is 0 Å². The molecule has 48 heavy (non-hydrogen) atoms. The molecule has 2 heterocycles. The highest BCUT2D eigenvalue weighted by molar-refractivity contribution is 6.07. The highest BCUT2D eigenvalue weighted by atomic mass is 15.2. The van der Waals surface area contributed by atoms with Gasteiger partial charge in [0.15, 0.2) is 0 Å². The first-order chi connectivity index (χ1) is 23.3. The number of likely N-dealkylation sites (N-methyl/N-ethyl adjacent to an activating group) is 6. The van der Waals surface area contributed by atoms with Crippen molar-refractivity contribution in [3.05, 3.63) is 48.5 Å². The summed E-state index contributed by atoms with van der Waals surface area (Å²) in [5.74, 6) is 0. The molecule has 8 nitrogen and oxygen atoms in total. The van der Waals surface area contributed by atoms with Gasteiger partial charge in [-0.15, -0.1) is 0 Å². The van der Waals surface area contributed by atoms with Crippen LogP contribution in [-0.2, 0) is 0 Å². The number of fused-ring (bicyclic) bond motifs is 2. The number of hydrogen-bond donors (Lipinski definition) is 0. The van der Waals surface area contributed by atoms with E-state index in [4.69, 9.17) is 0 Å². The van der Waals surface area contributed by atoms with Gasteiger partial charge in [-0.3, -0.25) is 0 Å². The molecule has 0 saturated carbocycles. The molecular weight excluding hydrogens is 592 g/mol. The summed E-state index contributed by atoms with van der Waals surface area (Å²) in [5, 5.41) is 5.47. The maximum Gasteiger partial charge on any atom is 0.0446 e. The maximum atomic E-state index is 2.68. The molecule has 8 heteroatoms. The Hall–Kier alpha value is -2.46. The van der Waals surface area contributed by atoms with Crippen molar-refractivity contribution in [2.45, 2.75) is 25.7 Å². The zero-order valence-corrected chi connectivity index (χ0v) is 31.3. The number of nitrogens with zero attached hydrogens (tertiary/aromatic N) is 8. The summed E-state index contributed by atoms with van der Waals surface area (Å²) >= 11 is 0. The molecule has 0 aliphatic carbocycles. The summed E-state index contributed by atoms with van der Waals surface area (Å²) in [7, 11) is 13.7. The quantitative estimate of drug-likeness (QED) is 0.363. The zero-order valence-electron chi connectivity index (χ0n) is 31.3. The van der Waals surface area contributed by atoms with Crippen molar-refractivity contribution in [2.75, 3.05) is 157 Å². The third kappa shape index (κ3) is 10.8. The average molecular weight is 659 g/mol. The molecule has 2 aliphatic rings. The van der Waals surface area contributed by atoms with E-state index in [1.165, 1.54) is 71.7 Å². The molecule has 2 saturated heterocycles. The fraction of sp³-hybridized carbons (Fsp3) is 0.650. The van der Waals surface area contributed by atoms with Crippen LogP contribution in [-0.4, -0.2) is 176 Å². The molecule has 0 N–H and O–H groups in total. The topological polar surface area (TPSA) is 25.9 Å². The van der Waals surface area contributed by atoms with Crippen molar-refractivity contribution in [1.82, 2.24) is 29.4 Å². The van der Waals surface area contributed by atoms with Gasteiger partial charge < -0.3 is 39.2 Å². The van der Waals surface area contributed by atoms with Crippen molar-refractivity contribution in [3.63, 3.8) is 0 Å². The van der Waals surface area contributed by atoms with Gasteiger partial charge in [-0.05, 0) is 142 Å². The predicted molar refractivity (Wildman–Crippen MR) is 209 cm³/mol. The van der Waals surface area contributed by atoms with Crippen LogP contribution in [0.25, 0.3) is 21.5 Å². The molecule has 2 fully saturated rings. The van der Waals surface area contributed by atoms with E-state index in [-0.39, 0.29) is 0 Å². The Morgan fingerprint density at radius 3 is 1.00 bits per heavy atom. The third-order valence-electron chi connectivity index (χ3n) is 10.8. The molecule has 0 unspecified atom stereocenters. The molecule has 0 aromatic heterocycles. The van der Waals surface area contributed by atoms with Crippen LogP contribution in [0.2, 0.25) is 0 Å². The van der Waals surface area contributed by atoms with Gasteiger partial charge in [0, 0.05) is 87.6 Å². The highest BCUT2D eigenvalue weighted by Gasteiger charge is 2.17. The Morgan fingerprint density at radius 2 is 0.646 bits per heavy atom. The van der Waals surface area contributed by atoms with Crippen molar-refractivity contribution < 1.29 is 0 Å². The first-order valence-electron chi connectivity index (χ1n) is 18.8. The highest BCUT2D eigenvalue weighted by Crippen LogP contribution is 2.35. The standard InChI is InChI=1S/C40H66N8/c1-41-17-9-19-45(5)29-31-47(23-11-21-43(3)27-25-41)39-15-7-13-35-33-36-14-8-16-40(38(36)34-37(35)39)48-24-12-22-44(4)28-26-42(2)18-10-20-46(6)30-32-48/h7-8,13-16,33-34H,9-12,17-32H2,1-6H3. The lowest BCUT2D eigenvalue weighted by Crippen LogP contribution is -2.38. The van der Waals surface area contributed by atoms with Crippen LogP contribution in [0.5, 0.6) is 0 Å². The summed E-state index contributed by atoms with van der Waals surface area (Å²) in [6.45, 7) is 17.9. The lowest BCUT2D eigenvalue weighted by molar-refractivity contribution is 0.237. The second-order valence-corrected chi connectivity index (χ2v) is 15.1. The Labute approximate surface area is 292 Å². The number of hydrogen-bond acceptors (Lipinski definition) is 8. The minimum Gasteiger partial charge on any atom is -0.370 e. The van der Waals surface area contributed by atoms with Crippen molar-refractivity contribution in [3.8, 4) is 0 Å². The molecule has 0 bridgehead atoms. The lowest BCUT2D eigenvalue weighted by atomic mass is 10.00. The van der Waals surface area contributed by atoms with Crippen LogP contribution in [0.4, 0.5) is 11.4 Å². The van der Waals surface area contributed by atoms with Crippen LogP contribution in [0.1, 0.15) is 25.7 Å². The average Bonchev–Trinajstić information content (AvgIpc) is 3.07. The van der Waals surface area contributed by atoms with Crippen molar-refractivity contribution in [1.29, 1.82) is 0 Å². The summed E-state index contributed by atoms with van der Waals surface area (Å²) in [6.07, 6.45) is 4.79. The van der Waals surface area contributed by atoms with Gasteiger partial charge in [0.25, 0.3) is 0 Å². The molecule has 2 aliphatic heterocycles. The predicted octanol–water partition coefficient (Wildman–Crippen LogP) is 4.78. The van der Waals surface area contributed by atoms with E-state index < -0.39 is 0 Å². The fourth-order valence-corrected chi connectivity index (χ4v) is 7.50. The molecular formula is C40H66N8. The first-order valence-corrected chi connectivity index (χ1v) is 18.8. The molecule has 0 radical (unpaired) electrons. The van der Waals surface area contributed by atoms with E-state index in [1.807, 2.05) is 0 Å². The van der Waals surface area contributed by atoms with Crippen LogP contribution in [0.3, 0.4) is 0 Å². The molecule has 266 valence electrons. The minimum atomic E-state index is 1.05.